The van der Waals surface area contributed by atoms with Crippen LogP contribution >= 0.6 is 0 Å². The maximum atomic E-state index is 11.7. The van der Waals surface area contributed by atoms with Crippen LogP contribution in [0, 0.1) is 6.92 Å². The Morgan fingerprint density at radius 2 is 1.96 bits per heavy atom. The summed E-state index contributed by atoms with van der Waals surface area (Å²) in [7, 11) is 0. The van der Waals surface area contributed by atoms with Gasteiger partial charge in [0.15, 0.2) is 17.2 Å². The topological polar surface area (TPSA) is 202 Å². The van der Waals surface area contributed by atoms with Gasteiger partial charge in [0.1, 0.15) is 11.5 Å². The van der Waals surface area contributed by atoms with Gasteiger partial charge in [-0.05, 0) is 6.92 Å². The summed E-state index contributed by atoms with van der Waals surface area (Å²) >= 11 is 0. The number of hydrogen-bond acceptors (Lipinski definition) is 9. The quantitative estimate of drug-likeness (QED) is 0.335. The van der Waals surface area contributed by atoms with Crippen LogP contribution in [0.2, 0.25) is 0 Å². The fourth-order valence-electron chi connectivity index (χ4n) is 2.90. The highest BCUT2D eigenvalue weighted by Crippen LogP contribution is 2.32. The van der Waals surface area contributed by atoms with Crippen molar-refractivity contribution in [3.05, 3.63) is 23.2 Å². The predicted octanol–water partition coefficient (Wildman–Crippen LogP) is -1.26. The molecule has 3 aromatic heterocycles. The standard InChI is InChI=1S/C13H14N10O4/c1-3-5-17-19-12-13(14,8(11(26)27)21-23(5)12)15-6-7(10(24)25)20-22-4(2)16-18-9(6)22/h15,20H,3,14H2,1-2H3,(H,24,25)(H,26,27). The highest BCUT2D eigenvalue weighted by molar-refractivity contribution is 6.40. The van der Waals surface area contributed by atoms with E-state index in [0.717, 1.165) is 0 Å². The molecule has 14 heteroatoms. The van der Waals surface area contributed by atoms with E-state index in [1.54, 1.807) is 13.8 Å². The summed E-state index contributed by atoms with van der Waals surface area (Å²) in [5.74, 6) is -1.86. The summed E-state index contributed by atoms with van der Waals surface area (Å²) in [5, 5.41) is 44.1. The van der Waals surface area contributed by atoms with E-state index in [2.05, 4.69) is 35.9 Å². The number of H-pyrrole nitrogens is 1. The van der Waals surface area contributed by atoms with Gasteiger partial charge in [-0.2, -0.15) is 9.78 Å². The molecule has 140 valence electrons. The maximum Gasteiger partial charge on any atom is 0.356 e. The van der Waals surface area contributed by atoms with Gasteiger partial charge in [0.05, 0.1) is 0 Å². The van der Waals surface area contributed by atoms with E-state index < -0.39 is 23.3 Å². The van der Waals surface area contributed by atoms with Crippen LogP contribution in [0.1, 0.15) is 34.9 Å². The molecule has 0 radical (unpaired) electrons. The summed E-state index contributed by atoms with van der Waals surface area (Å²) in [6.07, 6.45) is 0.442. The Hall–Kier alpha value is -3.81. The van der Waals surface area contributed by atoms with Crippen molar-refractivity contribution in [3.8, 4) is 0 Å². The van der Waals surface area contributed by atoms with Crippen LogP contribution < -0.4 is 11.1 Å². The zero-order valence-electron chi connectivity index (χ0n) is 14.1. The molecule has 0 fully saturated rings. The molecular weight excluding hydrogens is 360 g/mol. The molecule has 1 aliphatic heterocycles. The number of anilines is 1. The van der Waals surface area contributed by atoms with Crippen molar-refractivity contribution in [2.45, 2.75) is 25.9 Å². The number of nitrogens with one attached hydrogen (secondary N) is 2. The van der Waals surface area contributed by atoms with Gasteiger partial charge in [-0.1, -0.05) is 6.92 Å². The van der Waals surface area contributed by atoms with E-state index in [-0.39, 0.29) is 22.9 Å². The van der Waals surface area contributed by atoms with E-state index in [4.69, 9.17) is 5.73 Å². The van der Waals surface area contributed by atoms with Gasteiger partial charge in [0, 0.05) is 6.42 Å². The van der Waals surface area contributed by atoms with E-state index in [1.165, 1.54) is 9.19 Å². The van der Waals surface area contributed by atoms with Crippen molar-refractivity contribution in [2.75, 3.05) is 5.32 Å². The zero-order chi connectivity index (χ0) is 19.5. The monoisotopic (exact) mass is 374 g/mol. The summed E-state index contributed by atoms with van der Waals surface area (Å²) in [6.45, 7) is 3.42. The van der Waals surface area contributed by atoms with Crippen molar-refractivity contribution < 1.29 is 19.8 Å². The Bertz CT molecular complexity index is 1140. The number of carboxylic acids is 2. The van der Waals surface area contributed by atoms with Crippen molar-refractivity contribution in [2.24, 2.45) is 10.8 Å². The van der Waals surface area contributed by atoms with Crippen LogP contribution in [-0.4, -0.2) is 62.5 Å². The first-order valence-corrected chi connectivity index (χ1v) is 7.79. The number of hydrogen-bond donors (Lipinski definition) is 5. The molecule has 4 rings (SSSR count). The molecule has 1 unspecified atom stereocenters. The van der Waals surface area contributed by atoms with Crippen molar-refractivity contribution in [1.29, 1.82) is 0 Å². The molecule has 1 aliphatic rings. The number of aromatic amines is 1. The number of aryl methyl sites for hydroxylation is 2. The number of nitrogens with zero attached hydrogens (tertiary/aromatic N) is 7. The van der Waals surface area contributed by atoms with Gasteiger partial charge in [0.25, 0.3) is 0 Å². The fourth-order valence-corrected chi connectivity index (χ4v) is 2.90. The molecule has 0 amide bonds. The van der Waals surface area contributed by atoms with E-state index in [1.807, 2.05) is 0 Å². The summed E-state index contributed by atoms with van der Waals surface area (Å²) in [6, 6.07) is 0. The average Bonchev–Trinajstić information content (AvgIpc) is 3.32. The minimum Gasteiger partial charge on any atom is -0.477 e. The molecule has 0 aliphatic carbocycles. The molecule has 0 saturated heterocycles. The minimum absolute atomic E-state index is 0.0173. The molecule has 1 atom stereocenters. The van der Waals surface area contributed by atoms with Gasteiger partial charge in [-0.3, -0.25) is 10.8 Å². The first kappa shape index (κ1) is 16.6. The zero-order valence-corrected chi connectivity index (χ0v) is 14.1. The number of aliphatic carboxylic acids is 1. The Balaban J connectivity index is 1.91. The molecule has 0 bridgehead atoms. The summed E-state index contributed by atoms with van der Waals surface area (Å²) in [4.78, 5) is 23.4. The van der Waals surface area contributed by atoms with Gasteiger partial charge in [0.2, 0.25) is 17.1 Å². The number of aromatic nitrogens is 7. The largest absolute Gasteiger partial charge is 0.477 e. The fraction of sp³-hybridized carbons (Fsp3) is 0.308. The highest BCUT2D eigenvalue weighted by atomic mass is 16.4. The van der Waals surface area contributed by atoms with Crippen molar-refractivity contribution in [1.82, 2.24) is 34.7 Å². The average molecular weight is 374 g/mol. The summed E-state index contributed by atoms with van der Waals surface area (Å²) in [5.41, 5.74) is 3.75. The number of nitrogens with two attached hydrogens (primary N) is 1. The van der Waals surface area contributed by atoms with Gasteiger partial charge >= 0.3 is 11.9 Å². The number of carbonyl (C=O) groups is 2. The third-order valence-electron chi connectivity index (χ3n) is 4.21. The molecule has 0 spiro atoms. The molecule has 4 heterocycles. The summed E-state index contributed by atoms with van der Waals surface area (Å²) < 4.78 is 2.57. The molecule has 6 N–H and O–H groups in total. The molecule has 0 aromatic carbocycles. The second-order valence-electron chi connectivity index (χ2n) is 5.87. The van der Waals surface area contributed by atoms with Crippen LogP contribution in [-0.2, 0) is 16.9 Å². The number of carboxylic acid groups (broad SMARTS) is 2. The van der Waals surface area contributed by atoms with E-state index in [9.17, 15) is 19.8 Å². The van der Waals surface area contributed by atoms with Gasteiger partial charge < -0.3 is 15.5 Å². The predicted molar refractivity (Wildman–Crippen MR) is 88.4 cm³/mol. The number of fused-ring (bicyclic) bond motifs is 2. The number of aromatic carboxylic acids is 1. The van der Waals surface area contributed by atoms with Crippen LogP contribution in [0.3, 0.4) is 0 Å². The van der Waals surface area contributed by atoms with Crippen molar-refractivity contribution in [3.63, 3.8) is 0 Å². The molecule has 0 saturated carbocycles. The van der Waals surface area contributed by atoms with Crippen LogP contribution in [0.5, 0.6) is 0 Å². The van der Waals surface area contributed by atoms with Crippen LogP contribution in [0.15, 0.2) is 5.10 Å². The Kier molecular flexibility index (Phi) is 3.29. The Labute approximate surface area is 149 Å². The van der Waals surface area contributed by atoms with E-state index in [0.29, 0.717) is 18.1 Å². The van der Waals surface area contributed by atoms with Gasteiger partial charge in [-0.25, -0.2) is 14.1 Å². The van der Waals surface area contributed by atoms with Crippen LogP contribution in [0.4, 0.5) is 5.69 Å². The lowest BCUT2D eigenvalue weighted by molar-refractivity contribution is -0.129. The van der Waals surface area contributed by atoms with Gasteiger partial charge in [-0.15, -0.1) is 20.4 Å². The van der Waals surface area contributed by atoms with E-state index >= 15 is 0 Å². The second-order valence-corrected chi connectivity index (χ2v) is 5.87. The Morgan fingerprint density at radius 3 is 2.59 bits per heavy atom. The minimum atomic E-state index is -1.93. The lowest BCUT2D eigenvalue weighted by Gasteiger charge is -2.24. The second kappa shape index (κ2) is 5.34. The normalized spacial score (nSPS) is 18.6. The smallest absolute Gasteiger partial charge is 0.356 e. The highest BCUT2D eigenvalue weighted by Gasteiger charge is 2.49. The first-order chi connectivity index (χ1) is 12.8. The van der Waals surface area contributed by atoms with Crippen LogP contribution in [0.25, 0.3) is 5.65 Å². The lowest BCUT2D eigenvalue weighted by Crippen LogP contribution is -2.53. The maximum absolute atomic E-state index is 11.7. The number of rotatable bonds is 5. The molecule has 14 nitrogen and oxygen atoms in total. The molecule has 3 aromatic rings. The molecular formula is C13H14N10O4. The van der Waals surface area contributed by atoms with Crippen molar-refractivity contribution >= 4 is 29.0 Å². The third-order valence-corrected chi connectivity index (χ3v) is 4.21. The Morgan fingerprint density at radius 1 is 1.22 bits per heavy atom. The SMILES string of the molecule is CCc1nnc2n1N=C(C(=O)O)C2(N)Nc1c(C(=O)O)[nH]n2c(C)nnc12. The molecule has 27 heavy (non-hydrogen) atoms. The lowest BCUT2D eigenvalue weighted by atomic mass is 10.0. The first-order valence-electron chi connectivity index (χ1n) is 7.79. The third kappa shape index (κ3) is 2.13.